The largest absolute Gasteiger partial charge is 0.397 e. The quantitative estimate of drug-likeness (QED) is 0.891. The second-order valence-corrected chi connectivity index (χ2v) is 4.34. The normalized spacial score (nSPS) is 10.5. The van der Waals surface area contributed by atoms with Crippen molar-refractivity contribution >= 4 is 11.5 Å². The molecule has 0 aliphatic rings. The summed E-state index contributed by atoms with van der Waals surface area (Å²) in [6.07, 6.45) is 2.04. The van der Waals surface area contributed by atoms with Gasteiger partial charge in [-0.05, 0) is 36.6 Å². The van der Waals surface area contributed by atoms with Crippen molar-refractivity contribution in [1.82, 2.24) is 4.98 Å². The first-order valence-electron chi connectivity index (χ1n) is 5.96. The molecule has 3 N–H and O–H groups in total. The maximum Gasteiger partial charge on any atom is 0.129 e. The Bertz CT molecular complexity index is 585. The van der Waals surface area contributed by atoms with Gasteiger partial charge in [0, 0.05) is 12.6 Å². The van der Waals surface area contributed by atoms with Gasteiger partial charge in [-0.1, -0.05) is 6.07 Å². The molecule has 0 fully saturated rings. The number of benzene rings is 1. The molecule has 0 atom stereocenters. The van der Waals surface area contributed by atoms with Gasteiger partial charge in [0.1, 0.15) is 17.5 Å². The molecule has 1 aromatic heterocycles. The Morgan fingerprint density at radius 2 is 2.05 bits per heavy atom. The summed E-state index contributed by atoms with van der Waals surface area (Å²) in [5.74, 6) is -0.400. The van der Waals surface area contributed by atoms with Crippen LogP contribution < -0.4 is 11.1 Å². The number of hydrogen-bond acceptors (Lipinski definition) is 3. The molecule has 2 rings (SSSR count). The maximum absolute atomic E-state index is 13.4. The Balaban J connectivity index is 1.94. The van der Waals surface area contributed by atoms with E-state index in [1.807, 2.05) is 13.0 Å². The Hall–Kier alpha value is -2.17. The molecule has 0 saturated heterocycles. The van der Waals surface area contributed by atoms with Crippen molar-refractivity contribution in [2.45, 2.75) is 13.3 Å². The van der Waals surface area contributed by atoms with Crippen molar-refractivity contribution in [1.29, 1.82) is 0 Å². The number of nitrogens with zero attached hydrogens (tertiary/aromatic N) is 1. The van der Waals surface area contributed by atoms with Crippen LogP contribution >= 0.6 is 0 Å². The van der Waals surface area contributed by atoms with Gasteiger partial charge in [0.15, 0.2) is 0 Å². The SMILES string of the molecule is Cc1cc(NCCc2ccc(F)cc2F)ncc1N. The van der Waals surface area contributed by atoms with Crippen LogP contribution in [0, 0.1) is 18.6 Å². The lowest BCUT2D eigenvalue weighted by molar-refractivity contribution is 0.572. The molecule has 100 valence electrons. The number of aryl methyl sites for hydroxylation is 1. The summed E-state index contributed by atoms with van der Waals surface area (Å²) >= 11 is 0. The number of nitrogens with one attached hydrogen (secondary N) is 1. The molecule has 5 heteroatoms. The van der Waals surface area contributed by atoms with Crippen LogP contribution in [0.3, 0.4) is 0 Å². The fourth-order valence-corrected chi connectivity index (χ4v) is 1.71. The van der Waals surface area contributed by atoms with Crippen LogP contribution in [0.25, 0.3) is 0 Å². The smallest absolute Gasteiger partial charge is 0.129 e. The summed E-state index contributed by atoms with van der Waals surface area (Å²) in [5.41, 5.74) is 7.71. The second kappa shape index (κ2) is 5.65. The van der Waals surface area contributed by atoms with Crippen molar-refractivity contribution in [3.05, 3.63) is 53.2 Å². The number of anilines is 2. The molecule has 2 aromatic rings. The lowest BCUT2D eigenvalue weighted by atomic mass is 10.1. The van der Waals surface area contributed by atoms with Crippen molar-refractivity contribution in [3.63, 3.8) is 0 Å². The highest BCUT2D eigenvalue weighted by Crippen LogP contribution is 2.14. The molecule has 0 aliphatic heterocycles. The maximum atomic E-state index is 13.4. The van der Waals surface area contributed by atoms with Crippen molar-refractivity contribution in [2.75, 3.05) is 17.6 Å². The van der Waals surface area contributed by atoms with E-state index >= 15 is 0 Å². The standard InChI is InChI=1S/C14H15F2N3/c1-9-6-14(19-8-13(9)17)18-5-4-10-2-3-11(15)7-12(10)16/h2-3,6-8H,4-5,17H2,1H3,(H,18,19). The zero-order valence-corrected chi connectivity index (χ0v) is 10.6. The van der Waals surface area contributed by atoms with Crippen LogP contribution in [-0.2, 0) is 6.42 Å². The summed E-state index contributed by atoms with van der Waals surface area (Å²) in [5, 5.41) is 3.08. The number of halogens is 2. The van der Waals surface area contributed by atoms with Gasteiger partial charge in [0.05, 0.1) is 11.9 Å². The Labute approximate surface area is 110 Å². The van der Waals surface area contributed by atoms with Gasteiger partial charge < -0.3 is 11.1 Å². The highest BCUT2D eigenvalue weighted by atomic mass is 19.1. The van der Waals surface area contributed by atoms with Crippen molar-refractivity contribution < 1.29 is 8.78 Å². The minimum absolute atomic E-state index is 0.456. The van der Waals surface area contributed by atoms with E-state index in [0.717, 1.165) is 11.6 Å². The van der Waals surface area contributed by atoms with E-state index < -0.39 is 11.6 Å². The number of hydrogen-bond donors (Lipinski definition) is 2. The molecule has 19 heavy (non-hydrogen) atoms. The molecule has 0 aliphatic carbocycles. The van der Waals surface area contributed by atoms with Gasteiger partial charge in [0.2, 0.25) is 0 Å². The summed E-state index contributed by atoms with van der Waals surface area (Å²) in [6, 6.07) is 5.43. The van der Waals surface area contributed by atoms with E-state index in [1.54, 1.807) is 6.20 Å². The molecule has 1 heterocycles. The number of nitrogen functional groups attached to an aromatic ring is 1. The molecule has 0 radical (unpaired) electrons. The van der Waals surface area contributed by atoms with E-state index in [-0.39, 0.29) is 0 Å². The lowest BCUT2D eigenvalue weighted by Crippen LogP contribution is -2.08. The van der Waals surface area contributed by atoms with Gasteiger partial charge >= 0.3 is 0 Å². The zero-order chi connectivity index (χ0) is 13.8. The fourth-order valence-electron chi connectivity index (χ4n) is 1.71. The summed E-state index contributed by atoms with van der Waals surface area (Å²) in [7, 11) is 0. The van der Waals surface area contributed by atoms with E-state index in [1.165, 1.54) is 12.1 Å². The molecule has 3 nitrogen and oxygen atoms in total. The van der Waals surface area contributed by atoms with Crippen LogP contribution in [0.4, 0.5) is 20.3 Å². The highest BCUT2D eigenvalue weighted by molar-refractivity contribution is 5.50. The van der Waals surface area contributed by atoms with Crippen molar-refractivity contribution in [3.8, 4) is 0 Å². The fraction of sp³-hybridized carbons (Fsp3) is 0.214. The third-order valence-corrected chi connectivity index (χ3v) is 2.87. The van der Waals surface area contributed by atoms with Gasteiger partial charge in [-0.3, -0.25) is 0 Å². The molecule has 1 aromatic carbocycles. The number of aromatic nitrogens is 1. The Kier molecular flexibility index (Phi) is 3.94. The Morgan fingerprint density at radius 1 is 1.26 bits per heavy atom. The number of nitrogens with two attached hydrogens (primary N) is 1. The second-order valence-electron chi connectivity index (χ2n) is 4.34. The highest BCUT2D eigenvalue weighted by Gasteiger charge is 2.04. The predicted octanol–water partition coefficient (Wildman–Crippen LogP) is 2.91. The molecule has 0 amide bonds. The summed E-state index contributed by atoms with van der Waals surface area (Å²) < 4.78 is 26.1. The van der Waals surface area contributed by atoms with Crippen LogP contribution in [-0.4, -0.2) is 11.5 Å². The first kappa shape index (κ1) is 13.3. The average Bonchev–Trinajstić information content (AvgIpc) is 2.36. The lowest BCUT2D eigenvalue weighted by Gasteiger charge is -2.08. The minimum atomic E-state index is -0.565. The minimum Gasteiger partial charge on any atom is -0.397 e. The van der Waals surface area contributed by atoms with E-state index in [9.17, 15) is 8.78 Å². The number of pyridine rings is 1. The van der Waals surface area contributed by atoms with Crippen LogP contribution in [0.15, 0.2) is 30.5 Å². The molecule has 0 unspecified atom stereocenters. The third-order valence-electron chi connectivity index (χ3n) is 2.87. The molecule has 0 bridgehead atoms. The summed E-state index contributed by atoms with van der Waals surface area (Å²) in [6.45, 7) is 2.40. The van der Waals surface area contributed by atoms with Gasteiger partial charge in [-0.15, -0.1) is 0 Å². The predicted molar refractivity (Wildman–Crippen MR) is 71.9 cm³/mol. The van der Waals surface area contributed by atoms with Crippen LogP contribution in [0.5, 0.6) is 0 Å². The monoisotopic (exact) mass is 263 g/mol. The van der Waals surface area contributed by atoms with Crippen LogP contribution in [0.2, 0.25) is 0 Å². The first-order valence-corrected chi connectivity index (χ1v) is 5.96. The molecule has 0 spiro atoms. The molecule has 0 saturated carbocycles. The van der Waals surface area contributed by atoms with Gasteiger partial charge in [-0.2, -0.15) is 0 Å². The summed E-state index contributed by atoms with van der Waals surface area (Å²) in [4.78, 5) is 4.12. The van der Waals surface area contributed by atoms with E-state index in [2.05, 4.69) is 10.3 Å². The van der Waals surface area contributed by atoms with Gasteiger partial charge in [0.25, 0.3) is 0 Å². The van der Waals surface area contributed by atoms with Crippen LogP contribution in [0.1, 0.15) is 11.1 Å². The first-order chi connectivity index (χ1) is 9.06. The van der Waals surface area contributed by atoms with E-state index in [4.69, 9.17) is 5.73 Å². The zero-order valence-electron chi connectivity index (χ0n) is 10.6. The molecular weight excluding hydrogens is 248 g/mol. The average molecular weight is 263 g/mol. The Morgan fingerprint density at radius 3 is 2.74 bits per heavy atom. The van der Waals surface area contributed by atoms with E-state index in [0.29, 0.717) is 30.0 Å². The van der Waals surface area contributed by atoms with Gasteiger partial charge in [-0.25, -0.2) is 13.8 Å². The topological polar surface area (TPSA) is 50.9 Å². The molecular formula is C14H15F2N3. The number of rotatable bonds is 4. The third kappa shape index (κ3) is 3.40. The van der Waals surface area contributed by atoms with Crippen molar-refractivity contribution in [2.24, 2.45) is 0 Å².